The van der Waals surface area contributed by atoms with E-state index in [0.29, 0.717) is 6.01 Å². The van der Waals surface area contributed by atoms with Crippen LogP contribution in [0.15, 0.2) is 4.42 Å². The predicted molar refractivity (Wildman–Crippen MR) is 60.2 cm³/mol. The maximum Gasteiger partial charge on any atom is 0.319 e. The van der Waals surface area contributed by atoms with Gasteiger partial charge in [0.1, 0.15) is 0 Å². The fourth-order valence-electron chi connectivity index (χ4n) is 1.89. The van der Waals surface area contributed by atoms with E-state index in [1.807, 2.05) is 4.90 Å². The Bertz CT molecular complexity index is 328. The zero-order valence-electron chi connectivity index (χ0n) is 9.56. The van der Waals surface area contributed by atoms with Crippen LogP contribution in [0.25, 0.3) is 0 Å². The molecule has 0 bridgehead atoms. The summed E-state index contributed by atoms with van der Waals surface area (Å²) in [4.78, 5) is 2.03. The Balaban J connectivity index is 1.91. The lowest BCUT2D eigenvalue weighted by Gasteiger charge is -2.31. The molecule has 0 amide bonds. The van der Waals surface area contributed by atoms with Crippen LogP contribution < -0.4 is 10.6 Å². The molecule has 90 valence electrons. The molecule has 16 heavy (non-hydrogen) atoms. The second kappa shape index (κ2) is 5.16. The van der Waals surface area contributed by atoms with E-state index >= 15 is 0 Å². The Morgan fingerprint density at radius 2 is 2.44 bits per heavy atom. The molecule has 1 atom stereocenters. The van der Waals surface area contributed by atoms with Gasteiger partial charge in [0.25, 0.3) is 0 Å². The molecule has 1 aliphatic heterocycles. The smallest absolute Gasteiger partial charge is 0.319 e. The Kier molecular flexibility index (Phi) is 3.61. The van der Waals surface area contributed by atoms with Crippen LogP contribution in [0.5, 0.6) is 0 Å². The van der Waals surface area contributed by atoms with E-state index in [1.54, 1.807) is 0 Å². The first kappa shape index (κ1) is 11.2. The summed E-state index contributed by atoms with van der Waals surface area (Å²) in [6.07, 6.45) is 3.49. The third-order valence-electron chi connectivity index (χ3n) is 2.64. The lowest BCUT2D eigenvalue weighted by atomic mass is 10.1. The standard InChI is InChI=1S/C10H18N4O2/c1-2-6-15-8-4-3-5-14(7-8)10-13-12-9(11)16-10/h8H,2-7H2,1H3,(H2,11,12). The highest BCUT2D eigenvalue weighted by Gasteiger charge is 2.23. The van der Waals surface area contributed by atoms with Crippen molar-refractivity contribution in [2.45, 2.75) is 32.3 Å². The molecule has 0 spiro atoms. The van der Waals surface area contributed by atoms with E-state index in [0.717, 1.165) is 39.0 Å². The molecule has 6 heteroatoms. The Labute approximate surface area is 94.8 Å². The Morgan fingerprint density at radius 1 is 1.56 bits per heavy atom. The lowest BCUT2D eigenvalue weighted by molar-refractivity contribution is 0.0431. The molecule has 1 aromatic rings. The minimum Gasteiger partial charge on any atom is -0.390 e. The predicted octanol–water partition coefficient (Wildman–Crippen LogP) is 1.05. The van der Waals surface area contributed by atoms with E-state index < -0.39 is 0 Å². The average molecular weight is 226 g/mol. The number of rotatable bonds is 4. The van der Waals surface area contributed by atoms with Crippen LogP contribution in [0, 0.1) is 0 Å². The van der Waals surface area contributed by atoms with Crippen LogP contribution in [0.4, 0.5) is 12.0 Å². The molecule has 6 nitrogen and oxygen atoms in total. The molecule has 1 unspecified atom stereocenters. The van der Waals surface area contributed by atoms with E-state index in [-0.39, 0.29) is 12.1 Å². The molecule has 1 aliphatic rings. The zero-order valence-corrected chi connectivity index (χ0v) is 9.56. The van der Waals surface area contributed by atoms with Crippen molar-refractivity contribution in [1.82, 2.24) is 10.2 Å². The molecule has 1 aromatic heterocycles. The van der Waals surface area contributed by atoms with Crippen molar-refractivity contribution in [2.24, 2.45) is 0 Å². The van der Waals surface area contributed by atoms with Crippen molar-refractivity contribution in [3.8, 4) is 0 Å². The van der Waals surface area contributed by atoms with Gasteiger partial charge in [-0.15, -0.1) is 0 Å². The van der Waals surface area contributed by atoms with Crippen LogP contribution in [0.3, 0.4) is 0 Å². The van der Waals surface area contributed by atoms with Gasteiger partial charge in [0.2, 0.25) is 0 Å². The van der Waals surface area contributed by atoms with Gasteiger partial charge in [-0.2, -0.15) is 0 Å². The molecule has 2 heterocycles. The summed E-state index contributed by atoms with van der Waals surface area (Å²) in [5.74, 6) is 0. The van der Waals surface area contributed by atoms with Gasteiger partial charge >= 0.3 is 12.0 Å². The third kappa shape index (κ3) is 2.63. The van der Waals surface area contributed by atoms with Crippen LogP contribution in [0.2, 0.25) is 0 Å². The van der Waals surface area contributed by atoms with Gasteiger partial charge < -0.3 is 19.8 Å². The van der Waals surface area contributed by atoms with Gasteiger partial charge in [-0.05, 0) is 19.3 Å². The number of piperidine rings is 1. The minimum absolute atomic E-state index is 0.117. The van der Waals surface area contributed by atoms with E-state index in [4.69, 9.17) is 14.9 Å². The topological polar surface area (TPSA) is 77.4 Å². The summed E-state index contributed by atoms with van der Waals surface area (Å²) in [6.45, 7) is 4.65. The fourth-order valence-corrected chi connectivity index (χ4v) is 1.89. The maximum absolute atomic E-state index is 5.73. The number of hydrogen-bond donors (Lipinski definition) is 1. The summed E-state index contributed by atoms with van der Waals surface area (Å²) in [7, 11) is 0. The van der Waals surface area contributed by atoms with Gasteiger partial charge in [0, 0.05) is 19.7 Å². The van der Waals surface area contributed by atoms with Crippen LogP contribution in [-0.4, -0.2) is 36.0 Å². The highest BCUT2D eigenvalue weighted by molar-refractivity contribution is 5.28. The van der Waals surface area contributed by atoms with Crippen LogP contribution in [0.1, 0.15) is 26.2 Å². The second-order valence-electron chi connectivity index (χ2n) is 4.00. The zero-order chi connectivity index (χ0) is 11.4. The summed E-state index contributed by atoms with van der Waals surface area (Å²) in [6, 6.07) is 0.619. The Hall–Kier alpha value is -1.30. The molecule has 1 fully saturated rings. The maximum atomic E-state index is 5.73. The van der Waals surface area contributed by atoms with E-state index in [9.17, 15) is 0 Å². The minimum atomic E-state index is 0.117. The van der Waals surface area contributed by atoms with Gasteiger partial charge in [0.05, 0.1) is 6.10 Å². The first-order valence-electron chi connectivity index (χ1n) is 5.75. The molecule has 0 aromatic carbocycles. The first-order chi connectivity index (χ1) is 7.79. The van der Waals surface area contributed by atoms with Crippen molar-refractivity contribution in [3.05, 3.63) is 0 Å². The lowest BCUT2D eigenvalue weighted by Crippen LogP contribution is -2.40. The molecule has 2 rings (SSSR count). The van der Waals surface area contributed by atoms with Gasteiger partial charge in [-0.25, -0.2) is 0 Å². The van der Waals surface area contributed by atoms with Crippen LogP contribution in [-0.2, 0) is 4.74 Å². The highest BCUT2D eigenvalue weighted by atomic mass is 16.5. The first-order valence-corrected chi connectivity index (χ1v) is 5.75. The largest absolute Gasteiger partial charge is 0.390 e. The van der Waals surface area contributed by atoms with Crippen molar-refractivity contribution in [1.29, 1.82) is 0 Å². The van der Waals surface area contributed by atoms with Gasteiger partial charge in [-0.1, -0.05) is 17.1 Å². The summed E-state index contributed by atoms with van der Waals surface area (Å²) < 4.78 is 10.9. The molecule has 1 saturated heterocycles. The van der Waals surface area contributed by atoms with Gasteiger partial charge in [0.15, 0.2) is 0 Å². The monoisotopic (exact) mass is 226 g/mol. The number of anilines is 2. The number of aromatic nitrogens is 2. The van der Waals surface area contributed by atoms with Crippen LogP contribution >= 0.6 is 0 Å². The number of nitrogen functional groups attached to an aromatic ring is 1. The fraction of sp³-hybridized carbons (Fsp3) is 0.800. The quantitative estimate of drug-likeness (QED) is 0.826. The number of nitrogens with zero attached hydrogens (tertiary/aromatic N) is 3. The number of nitrogens with two attached hydrogens (primary N) is 1. The van der Waals surface area contributed by atoms with E-state index in [2.05, 4.69) is 17.1 Å². The van der Waals surface area contributed by atoms with Crippen molar-refractivity contribution >= 4 is 12.0 Å². The second-order valence-corrected chi connectivity index (χ2v) is 4.00. The Morgan fingerprint density at radius 3 is 3.12 bits per heavy atom. The molecule has 0 saturated carbocycles. The highest BCUT2D eigenvalue weighted by Crippen LogP contribution is 2.20. The summed E-state index contributed by atoms with van der Waals surface area (Å²) >= 11 is 0. The molecule has 0 aliphatic carbocycles. The van der Waals surface area contributed by atoms with Crippen molar-refractivity contribution < 1.29 is 9.15 Å². The average Bonchev–Trinajstić information content (AvgIpc) is 2.74. The number of hydrogen-bond acceptors (Lipinski definition) is 6. The van der Waals surface area contributed by atoms with E-state index in [1.165, 1.54) is 0 Å². The summed E-state index contributed by atoms with van der Waals surface area (Å²) in [5, 5.41) is 7.54. The van der Waals surface area contributed by atoms with Crippen molar-refractivity contribution in [3.63, 3.8) is 0 Å². The number of ether oxygens (including phenoxy) is 1. The molecular weight excluding hydrogens is 208 g/mol. The molecule has 2 N–H and O–H groups in total. The molecular formula is C10H18N4O2. The summed E-state index contributed by atoms with van der Waals surface area (Å²) in [5.41, 5.74) is 5.40. The van der Waals surface area contributed by atoms with Gasteiger partial charge in [-0.3, -0.25) is 0 Å². The third-order valence-corrected chi connectivity index (χ3v) is 2.64. The van der Waals surface area contributed by atoms with Crippen molar-refractivity contribution in [2.75, 3.05) is 30.3 Å². The SMILES string of the molecule is CCCOC1CCCN(c2nnc(N)o2)C1. The normalized spacial score (nSPS) is 21.3. The molecule has 0 radical (unpaired) electrons.